The Kier molecular flexibility index (Phi) is 8.75. The van der Waals surface area contributed by atoms with Crippen molar-refractivity contribution >= 4 is 29.3 Å². The lowest BCUT2D eigenvalue weighted by molar-refractivity contribution is -0.135. The van der Waals surface area contributed by atoms with E-state index >= 15 is 0 Å². The van der Waals surface area contributed by atoms with Crippen molar-refractivity contribution in [2.75, 3.05) is 24.7 Å². The molecule has 2 aromatic carbocycles. The van der Waals surface area contributed by atoms with Crippen molar-refractivity contribution < 1.29 is 14.0 Å². The lowest BCUT2D eigenvalue weighted by atomic mass is 9.86. The van der Waals surface area contributed by atoms with Gasteiger partial charge in [0.1, 0.15) is 11.9 Å². The van der Waals surface area contributed by atoms with Crippen LogP contribution in [0.5, 0.6) is 0 Å². The van der Waals surface area contributed by atoms with Crippen LogP contribution in [0.1, 0.15) is 70.3 Å². The van der Waals surface area contributed by atoms with Gasteiger partial charge in [-0.3, -0.25) is 9.59 Å². The van der Waals surface area contributed by atoms with Crippen molar-refractivity contribution in [2.45, 2.75) is 76.3 Å². The summed E-state index contributed by atoms with van der Waals surface area (Å²) in [7, 11) is 0. The lowest BCUT2D eigenvalue weighted by Crippen LogP contribution is -2.56. The summed E-state index contributed by atoms with van der Waals surface area (Å²) in [6, 6.07) is 12.3. The third-order valence-corrected chi connectivity index (χ3v) is 7.75. The van der Waals surface area contributed by atoms with E-state index in [2.05, 4.69) is 48.1 Å². The molecule has 1 heterocycles. The number of nitrogens with one attached hydrogen (secondary N) is 2. The summed E-state index contributed by atoms with van der Waals surface area (Å²) in [5.74, 6) is -1.38. The molecule has 0 unspecified atom stereocenters. The second-order valence-electron chi connectivity index (χ2n) is 11.4. The van der Waals surface area contributed by atoms with Crippen LogP contribution < -0.4 is 10.6 Å². The first-order chi connectivity index (χ1) is 16.8. The van der Waals surface area contributed by atoms with Gasteiger partial charge >= 0.3 is 0 Å². The molecule has 2 N–H and O–H groups in total. The minimum absolute atomic E-state index is 0.0243. The molecule has 0 spiro atoms. The SMILES string of the molecule is CSc1ccc(NC2(C)CCN(C(=O)[C@H](NC(=O)c3cc(C(C)(C)C)ccc3F)C(C)C)CC2)cc1. The molecule has 1 aliphatic rings. The Morgan fingerprint density at radius 3 is 2.19 bits per heavy atom. The van der Waals surface area contributed by atoms with E-state index in [1.54, 1.807) is 23.9 Å². The number of hydrogen-bond acceptors (Lipinski definition) is 4. The highest BCUT2D eigenvalue weighted by atomic mass is 32.2. The largest absolute Gasteiger partial charge is 0.380 e. The van der Waals surface area contributed by atoms with E-state index in [0.29, 0.717) is 13.1 Å². The van der Waals surface area contributed by atoms with Crippen LogP contribution >= 0.6 is 11.8 Å². The van der Waals surface area contributed by atoms with Crippen molar-refractivity contribution in [1.29, 1.82) is 0 Å². The number of amides is 2. The molecule has 1 saturated heterocycles. The molecule has 0 saturated carbocycles. The maximum Gasteiger partial charge on any atom is 0.254 e. The first-order valence-electron chi connectivity index (χ1n) is 12.6. The molecule has 5 nitrogen and oxygen atoms in total. The molecule has 0 bridgehead atoms. The molecule has 0 aliphatic carbocycles. The van der Waals surface area contributed by atoms with Gasteiger partial charge in [-0.15, -0.1) is 11.8 Å². The zero-order valence-corrected chi connectivity index (χ0v) is 23.4. The normalized spacial score (nSPS) is 16.5. The van der Waals surface area contributed by atoms with Crippen LogP contribution in [0.15, 0.2) is 47.4 Å². The quantitative estimate of drug-likeness (QED) is 0.440. The maximum atomic E-state index is 14.6. The fourth-order valence-corrected chi connectivity index (χ4v) is 4.87. The van der Waals surface area contributed by atoms with Crippen molar-refractivity contribution in [3.63, 3.8) is 0 Å². The number of rotatable bonds is 7. The number of piperidine rings is 1. The average molecular weight is 514 g/mol. The van der Waals surface area contributed by atoms with E-state index in [-0.39, 0.29) is 28.3 Å². The first kappa shape index (κ1) is 28.0. The standard InChI is InChI=1S/C29H40FN3O2S/c1-19(2)25(31-26(34)23-18-20(28(3,4)5)8-13-24(23)30)27(35)33-16-14-29(6,15-17-33)32-21-9-11-22(36-7)12-10-21/h8-13,18-19,25,32H,14-17H2,1-7H3,(H,31,34)/t25-/m1/s1. The van der Waals surface area contributed by atoms with Crippen molar-refractivity contribution in [3.05, 3.63) is 59.4 Å². The zero-order chi connectivity index (χ0) is 26.7. The van der Waals surface area contributed by atoms with E-state index < -0.39 is 17.8 Å². The first-order valence-corrected chi connectivity index (χ1v) is 13.9. The predicted octanol–water partition coefficient (Wildman–Crippen LogP) is 6.09. The van der Waals surface area contributed by atoms with Gasteiger partial charge in [-0.1, -0.05) is 40.7 Å². The van der Waals surface area contributed by atoms with E-state index in [1.807, 2.05) is 39.5 Å². The molecule has 7 heteroatoms. The third kappa shape index (κ3) is 6.81. The molecule has 2 aromatic rings. The number of thioether (sulfide) groups is 1. The number of carbonyl (C=O) groups is 2. The maximum absolute atomic E-state index is 14.6. The fraction of sp³-hybridized carbons (Fsp3) is 0.517. The number of halogens is 1. The Balaban J connectivity index is 1.66. The summed E-state index contributed by atoms with van der Waals surface area (Å²) >= 11 is 1.71. The highest BCUT2D eigenvalue weighted by Gasteiger charge is 2.36. The van der Waals surface area contributed by atoms with Crippen LogP contribution in [0.3, 0.4) is 0 Å². The summed E-state index contributed by atoms with van der Waals surface area (Å²) in [6.45, 7) is 13.2. The summed E-state index contributed by atoms with van der Waals surface area (Å²) in [5, 5.41) is 6.47. The second kappa shape index (κ2) is 11.2. The summed E-state index contributed by atoms with van der Waals surface area (Å²) in [5.41, 5.74) is 1.57. The molecule has 2 amide bonds. The van der Waals surface area contributed by atoms with E-state index in [1.165, 1.54) is 11.0 Å². The van der Waals surface area contributed by atoms with Gasteiger partial charge in [-0.25, -0.2) is 4.39 Å². The summed E-state index contributed by atoms with van der Waals surface area (Å²) < 4.78 is 14.6. The number of likely N-dealkylation sites (tertiary alicyclic amines) is 1. The lowest BCUT2D eigenvalue weighted by Gasteiger charge is -2.42. The number of benzene rings is 2. The van der Waals surface area contributed by atoms with Gasteiger partial charge in [0.15, 0.2) is 0 Å². The van der Waals surface area contributed by atoms with Gasteiger partial charge in [0.2, 0.25) is 5.91 Å². The van der Waals surface area contributed by atoms with Gasteiger partial charge in [0.25, 0.3) is 5.91 Å². The zero-order valence-electron chi connectivity index (χ0n) is 22.6. The van der Waals surface area contributed by atoms with Gasteiger partial charge in [0.05, 0.1) is 5.56 Å². The Morgan fingerprint density at radius 1 is 1.06 bits per heavy atom. The van der Waals surface area contributed by atoms with Crippen LogP contribution in [-0.4, -0.2) is 47.6 Å². The van der Waals surface area contributed by atoms with Gasteiger partial charge in [-0.05, 0) is 79.3 Å². The van der Waals surface area contributed by atoms with Gasteiger partial charge in [0, 0.05) is 29.2 Å². The van der Waals surface area contributed by atoms with E-state index in [4.69, 9.17) is 0 Å². The highest BCUT2D eigenvalue weighted by Crippen LogP contribution is 2.29. The highest BCUT2D eigenvalue weighted by molar-refractivity contribution is 7.98. The van der Waals surface area contributed by atoms with Gasteiger partial charge in [-0.2, -0.15) is 0 Å². The monoisotopic (exact) mass is 513 g/mol. The minimum atomic E-state index is -0.716. The number of hydrogen-bond donors (Lipinski definition) is 2. The van der Waals surface area contributed by atoms with E-state index in [9.17, 15) is 14.0 Å². The summed E-state index contributed by atoms with van der Waals surface area (Å²) in [4.78, 5) is 29.6. The average Bonchev–Trinajstić information content (AvgIpc) is 2.82. The fourth-order valence-electron chi connectivity index (χ4n) is 4.46. The molecular formula is C29H40FN3O2S. The van der Waals surface area contributed by atoms with Crippen LogP contribution in [-0.2, 0) is 10.2 Å². The molecule has 0 radical (unpaired) electrons. The van der Waals surface area contributed by atoms with Crippen LogP contribution in [0.4, 0.5) is 10.1 Å². The van der Waals surface area contributed by atoms with Crippen molar-refractivity contribution in [2.24, 2.45) is 5.92 Å². The molecule has 196 valence electrons. The minimum Gasteiger partial charge on any atom is -0.380 e. The topological polar surface area (TPSA) is 61.4 Å². The Bertz CT molecular complexity index is 1070. The number of carbonyl (C=O) groups excluding carboxylic acids is 2. The van der Waals surface area contributed by atoms with Gasteiger partial charge < -0.3 is 15.5 Å². The third-order valence-electron chi connectivity index (χ3n) is 7.01. The molecule has 1 atom stereocenters. The molecule has 36 heavy (non-hydrogen) atoms. The Morgan fingerprint density at radius 2 is 1.67 bits per heavy atom. The number of anilines is 1. The van der Waals surface area contributed by atoms with Crippen molar-refractivity contribution in [3.8, 4) is 0 Å². The Hall–Kier alpha value is -2.54. The van der Waals surface area contributed by atoms with Crippen LogP contribution in [0, 0.1) is 11.7 Å². The smallest absolute Gasteiger partial charge is 0.254 e. The molecule has 1 fully saturated rings. The summed E-state index contributed by atoms with van der Waals surface area (Å²) in [6.07, 6.45) is 3.65. The second-order valence-corrected chi connectivity index (χ2v) is 12.3. The molecule has 1 aliphatic heterocycles. The van der Waals surface area contributed by atoms with Crippen LogP contribution in [0.2, 0.25) is 0 Å². The predicted molar refractivity (Wildman–Crippen MR) is 147 cm³/mol. The molecular weight excluding hydrogens is 473 g/mol. The van der Waals surface area contributed by atoms with Crippen LogP contribution in [0.25, 0.3) is 0 Å². The van der Waals surface area contributed by atoms with E-state index in [0.717, 1.165) is 24.1 Å². The van der Waals surface area contributed by atoms with Crippen molar-refractivity contribution in [1.82, 2.24) is 10.2 Å². The number of nitrogens with zero attached hydrogens (tertiary/aromatic N) is 1. The Labute approximate surface area is 219 Å². The molecule has 0 aromatic heterocycles. The molecule has 3 rings (SSSR count).